The average Bonchev–Trinajstić information content (AvgIpc) is 3.08. The summed E-state index contributed by atoms with van der Waals surface area (Å²) in [5, 5.41) is 19.3. The quantitative estimate of drug-likeness (QED) is 0.555. The molecule has 1 amide bonds. The van der Waals surface area contributed by atoms with Crippen molar-refractivity contribution in [1.82, 2.24) is 24.5 Å². The van der Waals surface area contributed by atoms with Gasteiger partial charge in [0.15, 0.2) is 0 Å². The highest BCUT2D eigenvalue weighted by Gasteiger charge is 2.24. The summed E-state index contributed by atoms with van der Waals surface area (Å²) in [5.74, 6) is -0.584. The predicted octanol–water partition coefficient (Wildman–Crippen LogP) is 2.23. The molecule has 0 bridgehead atoms. The van der Waals surface area contributed by atoms with E-state index < -0.39 is 4.92 Å². The Morgan fingerprint density at radius 2 is 1.96 bits per heavy atom. The maximum atomic E-state index is 12.7. The van der Waals surface area contributed by atoms with Crippen molar-refractivity contribution in [3.63, 3.8) is 0 Å². The van der Waals surface area contributed by atoms with Crippen molar-refractivity contribution in [2.75, 3.05) is 7.05 Å². The smallest absolute Gasteiger partial charge is 0.358 e. The second kappa shape index (κ2) is 7.67. The van der Waals surface area contributed by atoms with Crippen molar-refractivity contribution in [3.8, 4) is 0 Å². The maximum absolute atomic E-state index is 12.7. The minimum absolute atomic E-state index is 0.0365. The van der Waals surface area contributed by atoms with Crippen LogP contribution < -0.4 is 0 Å². The Morgan fingerprint density at radius 1 is 1.31 bits per heavy atom. The van der Waals surface area contributed by atoms with Gasteiger partial charge in [0, 0.05) is 31.4 Å². The molecule has 9 nitrogen and oxygen atoms in total. The van der Waals surface area contributed by atoms with Gasteiger partial charge in [-0.3, -0.25) is 9.48 Å². The summed E-state index contributed by atoms with van der Waals surface area (Å²) in [6.07, 6.45) is 0. The van der Waals surface area contributed by atoms with E-state index in [-0.39, 0.29) is 17.6 Å². The van der Waals surface area contributed by atoms with Crippen LogP contribution in [0.15, 0.2) is 6.07 Å². The standard InChI is InChI=1S/C17H26N6O3/c1-7-21-14(5)15(13(4)18-21)10-20(6)17(24)11(2)9-22-12(3)8-16(19-22)23(25)26/h8,11H,7,9-10H2,1-6H3/t11-/m0/s1. The van der Waals surface area contributed by atoms with Crippen LogP contribution >= 0.6 is 0 Å². The molecule has 0 N–H and O–H groups in total. The zero-order chi connectivity index (χ0) is 19.6. The first-order valence-electron chi connectivity index (χ1n) is 8.62. The Kier molecular flexibility index (Phi) is 5.79. The Hall–Kier alpha value is -2.71. The minimum atomic E-state index is -0.529. The second-order valence-corrected chi connectivity index (χ2v) is 6.64. The Morgan fingerprint density at radius 3 is 2.46 bits per heavy atom. The average molecular weight is 362 g/mol. The van der Waals surface area contributed by atoms with E-state index >= 15 is 0 Å². The third-order valence-electron chi connectivity index (χ3n) is 4.63. The molecule has 0 aromatic carbocycles. The molecule has 0 saturated carbocycles. The van der Waals surface area contributed by atoms with Crippen LogP contribution in [0.2, 0.25) is 0 Å². The topological polar surface area (TPSA) is 99.1 Å². The molecule has 2 aromatic rings. The molecule has 2 rings (SSSR count). The van der Waals surface area contributed by atoms with Gasteiger partial charge in [-0.1, -0.05) is 6.92 Å². The highest BCUT2D eigenvalue weighted by atomic mass is 16.6. The third-order valence-corrected chi connectivity index (χ3v) is 4.63. The molecule has 0 spiro atoms. The predicted molar refractivity (Wildman–Crippen MR) is 96.6 cm³/mol. The molecule has 0 unspecified atom stereocenters. The summed E-state index contributed by atoms with van der Waals surface area (Å²) in [7, 11) is 1.76. The van der Waals surface area contributed by atoms with Crippen molar-refractivity contribution >= 4 is 11.7 Å². The highest BCUT2D eigenvalue weighted by molar-refractivity contribution is 5.78. The van der Waals surface area contributed by atoms with Crippen LogP contribution in [0.1, 0.15) is 36.5 Å². The number of nitro groups is 1. The number of carbonyl (C=O) groups excluding carboxylic acids is 1. The van der Waals surface area contributed by atoms with Crippen molar-refractivity contribution in [3.05, 3.63) is 38.8 Å². The third kappa shape index (κ3) is 3.92. The fourth-order valence-corrected chi connectivity index (χ4v) is 3.07. The summed E-state index contributed by atoms with van der Waals surface area (Å²) >= 11 is 0. The molecule has 0 radical (unpaired) electrons. The number of rotatable bonds is 7. The van der Waals surface area contributed by atoms with Gasteiger partial charge < -0.3 is 15.0 Å². The summed E-state index contributed by atoms with van der Waals surface area (Å²) in [4.78, 5) is 24.7. The van der Waals surface area contributed by atoms with Crippen LogP contribution in [0, 0.1) is 36.8 Å². The summed E-state index contributed by atoms with van der Waals surface area (Å²) in [5.41, 5.74) is 3.71. The molecular formula is C17H26N6O3. The van der Waals surface area contributed by atoms with Crippen molar-refractivity contribution in [2.24, 2.45) is 5.92 Å². The van der Waals surface area contributed by atoms with Crippen molar-refractivity contribution < 1.29 is 9.72 Å². The van der Waals surface area contributed by atoms with E-state index in [1.807, 2.05) is 25.5 Å². The molecule has 0 saturated heterocycles. The first-order valence-corrected chi connectivity index (χ1v) is 8.62. The zero-order valence-electron chi connectivity index (χ0n) is 16.2. The lowest BCUT2D eigenvalue weighted by Gasteiger charge is -2.21. The molecule has 0 fully saturated rings. The van der Waals surface area contributed by atoms with Gasteiger partial charge in [0.2, 0.25) is 5.91 Å². The van der Waals surface area contributed by atoms with E-state index in [0.29, 0.717) is 18.8 Å². The Balaban J connectivity index is 2.08. The lowest BCUT2D eigenvalue weighted by Crippen LogP contribution is -2.33. The van der Waals surface area contributed by atoms with E-state index in [4.69, 9.17) is 0 Å². The maximum Gasteiger partial charge on any atom is 0.390 e. The molecule has 26 heavy (non-hydrogen) atoms. The number of amides is 1. The van der Waals surface area contributed by atoms with E-state index in [0.717, 1.165) is 23.5 Å². The van der Waals surface area contributed by atoms with Gasteiger partial charge in [-0.25, -0.2) is 0 Å². The molecule has 0 aliphatic heterocycles. The van der Waals surface area contributed by atoms with Crippen molar-refractivity contribution in [1.29, 1.82) is 0 Å². The fraction of sp³-hybridized carbons (Fsp3) is 0.588. The molecule has 2 heterocycles. The van der Waals surface area contributed by atoms with E-state index in [2.05, 4.69) is 10.2 Å². The number of nitrogens with zero attached hydrogens (tertiary/aromatic N) is 6. The molecule has 1 atom stereocenters. The van der Waals surface area contributed by atoms with Crippen LogP contribution in [0.4, 0.5) is 5.82 Å². The van der Waals surface area contributed by atoms with Gasteiger partial charge in [0.25, 0.3) is 0 Å². The molecule has 0 aliphatic carbocycles. The first-order chi connectivity index (χ1) is 12.1. The van der Waals surface area contributed by atoms with Crippen LogP contribution in [-0.4, -0.2) is 42.3 Å². The van der Waals surface area contributed by atoms with Crippen molar-refractivity contribution in [2.45, 2.75) is 54.3 Å². The minimum Gasteiger partial charge on any atom is -0.358 e. The van der Waals surface area contributed by atoms with E-state index in [1.165, 1.54) is 10.7 Å². The van der Waals surface area contributed by atoms with Crippen LogP contribution in [0.3, 0.4) is 0 Å². The largest absolute Gasteiger partial charge is 0.390 e. The van der Waals surface area contributed by atoms with E-state index in [1.54, 1.807) is 25.8 Å². The van der Waals surface area contributed by atoms with Gasteiger partial charge in [-0.15, -0.1) is 0 Å². The number of hydrogen-bond donors (Lipinski definition) is 0. The number of hydrogen-bond acceptors (Lipinski definition) is 5. The Bertz CT molecular complexity index is 823. The summed E-state index contributed by atoms with van der Waals surface area (Å²) in [6.45, 7) is 11.1. The number of carbonyl (C=O) groups is 1. The molecule has 2 aromatic heterocycles. The van der Waals surface area contributed by atoms with Gasteiger partial charge in [0.1, 0.15) is 0 Å². The van der Waals surface area contributed by atoms with Crippen LogP contribution in [-0.2, 0) is 24.4 Å². The Labute approximate surface area is 152 Å². The highest BCUT2D eigenvalue weighted by Crippen LogP contribution is 2.18. The van der Waals surface area contributed by atoms with Gasteiger partial charge in [-0.05, 0) is 32.6 Å². The SMILES string of the molecule is CCn1nc(C)c(CN(C)C(=O)[C@@H](C)Cn2nc([N+](=O)[O-])cc2C)c1C. The number of aryl methyl sites for hydroxylation is 3. The van der Waals surface area contributed by atoms with E-state index in [9.17, 15) is 14.9 Å². The fourth-order valence-electron chi connectivity index (χ4n) is 3.07. The monoisotopic (exact) mass is 362 g/mol. The first kappa shape index (κ1) is 19.6. The van der Waals surface area contributed by atoms with Crippen LogP contribution in [0.25, 0.3) is 0 Å². The molecule has 142 valence electrons. The summed E-state index contributed by atoms with van der Waals surface area (Å²) < 4.78 is 3.44. The lowest BCUT2D eigenvalue weighted by atomic mass is 10.1. The molecule has 9 heteroatoms. The normalized spacial score (nSPS) is 12.2. The second-order valence-electron chi connectivity index (χ2n) is 6.64. The van der Waals surface area contributed by atoms with Gasteiger partial charge >= 0.3 is 5.82 Å². The zero-order valence-corrected chi connectivity index (χ0v) is 16.2. The van der Waals surface area contributed by atoms with Gasteiger partial charge in [0.05, 0.1) is 35.0 Å². The molecule has 0 aliphatic rings. The van der Waals surface area contributed by atoms with Gasteiger partial charge in [-0.2, -0.15) is 9.78 Å². The summed E-state index contributed by atoms with van der Waals surface area (Å²) in [6, 6.07) is 1.41. The van der Waals surface area contributed by atoms with Crippen LogP contribution in [0.5, 0.6) is 0 Å². The lowest BCUT2D eigenvalue weighted by molar-refractivity contribution is -0.389. The molecular weight excluding hydrogens is 336 g/mol. The number of aromatic nitrogens is 4.